The van der Waals surface area contributed by atoms with Crippen LogP contribution in [0.25, 0.3) is 0 Å². The fourth-order valence-corrected chi connectivity index (χ4v) is 2.26. The van der Waals surface area contributed by atoms with E-state index in [-0.39, 0.29) is 17.5 Å². The van der Waals surface area contributed by atoms with Crippen LogP contribution in [0.3, 0.4) is 0 Å². The quantitative estimate of drug-likeness (QED) is 0.898. The predicted molar refractivity (Wildman–Crippen MR) is 91.1 cm³/mol. The van der Waals surface area contributed by atoms with Crippen LogP contribution in [0.1, 0.15) is 6.92 Å². The Morgan fingerprint density at radius 1 is 1.25 bits per heavy atom. The number of ether oxygens (including phenoxy) is 1. The number of benzene rings is 2. The first-order chi connectivity index (χ1) is 11.4. The molecule has 0 aliphatic carbocycles. The number of carbonyl (C=O) groups is 2. The third kappa shape index (κ3) is 4.45. The molecule has 7 heteroatoms. The third-order valence-electron chi connectivity index (χ3n) is 3.25. The number of halogens is 2. The summed E-state index contributed by atoms with van der Waals surface area (Å²) in [7, 11) is 1.52. The van der Waals surface area contributed by atoms with Crippen molar-refractivity contribution < 1.29 is 18.7 Å². The molecule has 0 heterocycles. The van der Waals surface area contributed by atoms with E-state index in [0.29, 0.717) is 17.1 Å². The minimum atomic E-state index is -0.573. The van der Waals surface area contributed by atoms with Crippen LogP contribution in [0.4, 0.5) is 15.8 Å². The Bertz CT molecular complexity index is 767. The summed E-state index contributed by atoms with van der Waals surface area (Å²) >= 11 is 5.68. The van der Waals surface area contributed by atoms with Crippen molar-refractivity contribution in [2.45, 2.75) is 6.92 Å². The van der Waals surface area contributed by atoms with Gasteiger partial charge in [0.25, 0.3) is 0 Å². The molecule has 0 aliphatic heterocycles. The Morgan fingerprint density at radius 2 is 2.00 bits per heavy atom. The third-order valence-corrected chi connectivity index (χ3v) is 3.54. The number of hydrogen-bond acceptors (Lipinski definition) is 3. The molecular weight excluding hydrogens is 335 g/mol. The van der Waals surface area contributed by atoms with Gasteiger partial charge in [-0.3, -0.25) is 9.59 Å². The van der Waals surface area contributed by atoms with E-state index in [2.05, 4.69) is 5.32 Å². The van der Waals surface area contributed by atoms with Crippen LogP contribution < -0.4 is 15.0 Å². The molecule has 0 aromatic heterocycles. The van der Waals surface area contributed by atoms with Gasteiger partial charge < -0.3 is 15.0 Å². The Balaban J connectivity index is 2.13. The number of rotatable bonds is 5. The number of amides is 2. The maximum atomic E-state index is 13.1. The minimum Gasteiger partial charge on any atom is -0.497 e. The lowest BCUT2D eigenvalue weighted by Crippen LogP contribution is -2.36. The van der Waals surface area contributed by atoms with Crippen molar-refractivity contribution in [1.29, 1.82) is 0 Å². The second-order valence-electron chi connectivity index (χ2n) is 4.98. The number of nitrogens with zero attached hydrogens (tertiary/aromatic N) is 1. The fraction of sp³-hybridized carbons (Fsp3) is 0.176. The molecule has 0 saturated heterocycles. The molecule has 24 heavy (non-hydrogen) atoms. The zero-order valence-electron chi connectivity index (χ0n) is 13.2. The van der Waals surface area contributed by atoms with E-state index in [9.17, 15) is 14.0 Å². The molecule has 2 rings (SSSR count). The van der Waals surface area contributed by atoms with E-state index in [1.807, 2.05) is 0 Å². The second-order valence-corrected chi connectivity index (χ2v) is 5.39. The largest absolute Gasteiger partial charge is 0.497 e. The molecule has 0 radical (unpaired) electrons. The van der Waals surface area contributed by atoms with Crippen LogP contribution in [-0.2, 0) is 9.59 Å². The first-order valence-corrected chi connectivity index (χ1v) is 7.45. The molecule has 0 aliphatic rings. The summed E-state index contributed by atoms with van der Waals surface area (Å²) in [5, 5.41) is 2.48. The second kappa shape index (κ2) is 7.79. The molecule has 5 nitrogen and oxygen atoms in total. The van der Waals surface area contributed by atoms with Crippen LogP contribution in [0.5, 0.6) is 5.75 Å². The molecule has 2 aromatic carbocycles. The smallest absolute Gasteiger partial charge is 0.244 e. The standard InChI is InChI=1S/C17H16ClFN2O3/c1-11(22)21(13-4-3-5-14(9-13)24-2)10-17(23)20-12-6-7-16(19)15(18)8-12/h3-9H,10H2,1-2H3,(H,20,23). The monoisotopic (exact) mass is 350 g/mol. The van der Waals surface area contributed by atoms with Crippen molar-refractivity contribution in [3.63, 3.8) is 0 Å². The summed E-state index contributed by atoms with van der Waals surface area (Å²) in [5.74, 6) is -0.730. The Hall–Kier alpha value is -2.60. The molecule has 1 N–H and O–H groups in total. The molecule has 2 aromatic rings. The van der Waals surface area contributed by atoms with Gasteiger partial charge in [-0.1, -0.05) is 17.7 Å². The summed E-state index contributed by atoms with van der Waals surface area (Å²) in [6, 6.07) is 10.7. The van der Waals surface area contributed by atoms with Gasteiger partial charge in [0, 0.05) is 24.4 Å². The fourth-order valence-electron chi connectivity index (χ4n) is 2.08. The van der Waals surface area contributed by atoms with Crippen LogP contribution in [0.2, 0.25) is 5.02 Å². The van der Waals surface area contributed by atoms with Crippen molar-refractivity contribution in [2.24, 2.45) is 0 Å². The first kappa shape index (κ1) is 17.7. The van der Waals surface area contributed by atoms with Gasteiger partial charge in [0.1, 0.15) is 18.1 Å². The van der Waals surface area contributed by atoms with E-state index >= 15 is 0 Å². The summed E-state index contributed by atoms with van der Waals surface area (Å²) in [6.45, 7) is 1.17. The Labute approximate surface area is 144 Å². The molecule has 0 fully saturated rings. The van der Waals surface area contributed by atoms with Gasteiger partial charge in [0.15, 0.2) is 0 Å². The highest BCUT2D eigenvalue weighted by Crippen LogP contribution is 2.22. The molecule has 126 valence electrons. The zero-order valence-corrected chi connectivity index (χ0v) is 13.9. The lowest BCUT2D eigenvalue weighted by molar-refractivity contribution is -0.120. The van der Waals surface area contributed by atoms with Crippen molar-refractivity contribution >= 4 is 34.8 Å². The van der Waals surface area contributed by atoms with Gasteiger partial charge in [-0.2, -0.15) is 0 Å². The van der Waals surface area contributed by atoms with Gasteiger partial charge in [-0.05, 0) is 30.3 Å². The Morgan fingerprint density at radius 3 is 2.62 bits per heavy atom. The van der Waals surface area contributed by atoms with Gasteiger partial charge in [0.2, 0.25) is 11.8 Å². The summed E-state index contributed by atoms with van der Waals surface area (Å²) in [5.41, 5.74) is 0.884. The normalized spacial score (nSPS) is 10.2. The van der Waals surface area contributed by atoms with Gasteiger partial charge in [-0.15, -0.1) is 0 Å². The molecule has 0 bridgehead atoms. The molecule has 0 atom stereocenters. The van der Waals surface area contributed by atoms with Crippen molar-refractivity contribution in [1.82, 2.24) is 0 Å². The number of anilines is 2. The summed E-state index contributed by atoms with van der Waals surface area (Å²) in [6.07, 6.45) is 0. The minimum absolute atomic E-state index is 0.0935. The highest BCUT2D eigenvalue weighted by molar-refractivity contribution is 6.31. The van der Waals surface area contributed by atoms with Gasteiger partial charge in [0.05, 0.1) is 12.1 Å². The highest BCUT2D eigenvalue weighted by Gasteiger charge is 2.16. The zero-order chi connectivity index (χ0) is 17.7. The van der Waals surface area contributed by atoms with Crippen molar-refractivity contribution in [2.75, 3.05) is 23.9 Å². The van der Waals surface area contributed by atoms with E-state index in [1.54, 1.807) is 24.3 Å². The molecule has 2 amide bonds. The van der Waals surface area contributed by atoms with Crippen LogP contribution in [-0.4, -0.2) is 25.5 Å². The van der Waals surface area contributed by atoms with Gasteiger partial charge in [-0.25, -0.2) is 4.39 Å². The van der Waals surface area contributed by atoms with Crippen LogP contribution >= 0.6 is 11.6 Å². The van der Waals surface area contributed by atoms with E-state index in [1.165, 1.54) is 31.1 Å². The maximum absolute atomic E-state index is 13.1. The number of nitrogens with one attached hydrogen (secondary N) is 1. The van der Waals surface area contributed by atoms with Crippen LogP contribution in [0.15, 0.2) is 42.5 Å². The maximum Gasteiger partial charge on any atom is 0.244 e. The number of hydrogen-bond donors (Lipinski definition) is 1. The van der Waals surface area contributed by atoms with E-state index in [4.69, 9.17) is 16.3 Å². The van der Waals surface area contributed by atoms with Crippen molar-refractivity contribution in [3.05, 3.63) is 53.3 Å². The number of carbonyl (C=O) groups excluding carboxylic acids is 2. The molecular formula is C17H16ClFN2O3. The lowest BCUT2D eigenvalue weighted by Gasteiger charge is -2.21. The average Bonchev–Trinajstić information content (AvgIpc) is 2.56. The number of methoxy groups -OCH3 is 1. The summed E-state index contributed by atoms with van der Waals surface area (Å²) < 4.78 is 18.3. The topological polar surface area (TPSA) is 58.6 Å². The SMILES string of the molecule is COc1cccc(N(CC(=O)Nc2ccc(F)c(Cl)c2)C(C)=O)c1. The van der Waals surface area contributed by atoms with E-state index in [0.717, 1.165) is 6.07 Å². The molecule has 0 unspecified atom stereocenters. The Kier molecular flexibility index (Phi) is 5.76. The predicted octanol–water partition coefficient (Wildman–Crippen LogP) is 3.48. The average molecular weight is 351 g/mol. The van der Waals surface area contributed by atoms with Crippen LogP contribution in [0, 0.1) is 5.82 Å². The van der Waals surface area contributed by atoms with Gasteiger partial charge >= 0.3 is 0 Å². The van der Waals surface area contributed by atoms with E-state index < -0.39 is 11.7 Å². The van der Waals surface area contributed by atoms with Crippen molar-refractivity contribution in [3.8, 4) is 5.75 Å². The molecule has 0 spiro atoms. The first-order valence-electron chi connectivity index (χ1n) is 7.07. The highest BCUT2D eigenvalue weighted by atomic mass is 35.5. The lowest BCUT2D eigenvalue weighted by atomic mass is 10.2. The molecule has 0 saturated carbocycles. The summed E-state index contributed by atoms with van der Waals surface area (Å²) in [4.78, 5) is 25.4.